The molecule has 168 valence electrons. The Morgan fingerprint density at radius 2 is 1.97 bits per heavy atom. The monoisotopic (exact) mass is 440 g/mol. The van der Waals surface area contributed by atoms with Gasteiger partial charge in [-0.25, -0.2) is 13.8 Å². The lowest BCUT2D eigenvalue weighted by Gasteiger charge is -2.50. The minimum Gasteiger partial charge on any atom is -0.364 e. The average molecular weight is 440 g/mol. The Hall–Kier alpha value is -2.89. The lowest BCUT2D eigenvalue weighted by Crippen LogP contribution is -2.58. The number of alkyl halides is 2. The van der Waals surface area contributed by atoms with E-state index in [0.29, 0.717) is 56.0 Å². The van der Waals surface area contributed by atoms with Crippen molar-refractivity contribution in [3.63, 3.8) is 0 Å². The highest BCUT2D eigenvalue weighted by Gasteiger charge is 2.44. The predicted molar refractivity (Wildman–Crippen MR) is 114 cm³/mol. The highest BCUT2D eigenvalue weighted by molar-refractivity contribution is 5.92. The zero-order valence-corrected chi connectivity index (χ0v) is 18.0. The molecule has 1 atom stereocenters. The van der Waals surface area contributed by atoms with Crippen LogP contribution < -0.4 is 0 Å². The first-order valence-corrected chi connectivity index (χ1v) is 10.8. The van der Waals surface area contributed by atoms with Crippen LogP contribution in [0.3, 0.4) is 0 Å². The molecular formula is C24H26F2N4O2. The van der Waals surface area contributed by atoms with Gasteiger partial charge in [-0.15, -0.1) is 0 Å². The van der Waals surface area contributed by atoms with Crippen molar-refractivity contribution in [2.24, 2.45) is 0 Å². The molecule has 0 N–H and O–H groups in total. The van der Waals surface area contributed by atoms with Crippen LogP contribution in [0.25, 0.3) is 0 Å². The van der Waals surface area contributed by atoms with E-state index in [4.69, 9.17) is 10.00 Å². The third kappa shape index (κ3) is 4.79. The number of hydrogen-bond donors (Lipinski definition) is 0. The van der Waals surface area contributed by atoms with Crippen molar-refractivity contribution in [3.8, 4) is 6.07 Å². The van der Waals surface area contributed by atoms with Crippen LogP contribution in [0.15, 0.2) is 42.5 Å². The number of amides is 1. The second kappa shape index (κ2) is 9.31. The molecule has 32 heavy (non-hydrogen) atoms. The number of carbonyl (C=O) groups is 1. The van der Waals surface area contributed by atoms with Crippen molar-refractivity contribution in [2.45, 2.75) is 37.9 Å². The predicted octanol–water partition coefficient (Wildman–Crippen LogP) is 3.58. The Balaban J connectivity index is 1.48. The van der Waals surface area contributed by atoms with Crippen molar-refractivity contribution >= 4 is 5.91 Å². The standard InChI is InChI=1S/C24H26F2N4O2/c1-17-19(13-27)7-8-20(28-17)23(31)30-11-9-24(10-12-30)16-29(15-22(25)26)14-21(32-24)18-5-3-2-4-6-18/h2-8,21-22H,9-12,14-16H2,1H3. The van der Waals surface area contributed by atoms with E-state index in [-0.39, 0.29) is 18.6 Å². The Morgan fingerprint density at radius 3 is 2.59 bits per heavy atom. The normalized spacial score (nSPS) is 21.0. The molecule has 3 heterocycles. The Bertz CT molecular complexity index is 1000. The van der Waals surface area contributed by atoms with E-state index in [1.165, 1.54) is 0 Å². The van der Waals surface area contributed by atoms with Crippen LogP contribution in [0, 0.1) is 18.3 Å². The third-order valence-electron chi connectivity index (χ3n) is 6.28. The molecule has 1 spiro atoms. The molecule has 1 unspecified atom stereocenters. The number of carbonyl (C=O) groups excluding carboxylic acids is 1. The number of aryl methyl sites for hydroxylation is 1. The van der Waals surface area contributed by atoms with E-state index in [1.54, 1.807) is 28.9 Å². The summed E-state index contributed by atoms with van der Waals surface area (Å²) in [5, 5.41) is 9.07. The van der Waals surface area contributed by atoms with Crippen LogP contribution in [0.5, 0.6) is 0 Å². The van der Waals surface area contributed by atoms with E-state index in [1.807, 2.05) is 30.3 Å². The van der Waals surface area contributed by atoms with E-state index < -0.39 is 12.0 Å². The number of rotatable bonds is 4. The van der Waals surface area contributed by atoms with Gasteiger partial charge in [0.2, 0.25) is 0 Å². The summed E-state index contributed by atoms with van der Waals surface area (Å²) in [6, 6.07) is 14.9. The number of ether oxygens (including phenoxy) is 1. The molecule has 2 aliphatic rings. The maximum Gasteiger partial charge on any atom is 0.272 e. The smallest absolute Gasteiger partial charge is 0.272 e. The molecule has 0 radical (unpaired) electrons. The quantitative estimate of drug-likeness (QED) is 0.727. The minimum atomic E-state index is -2.41. The number of nitriles is 1. The van der Waals surface area contributed by atoms with E-state index in [2.05, 4.69) is 11.1 Å². The number of piperidine rings is 1. The van der Waals surface area contributed by atoms with Gasteiger partial charge in [0.1, 0.15) is 11.8 Å². The number of likely N-dealkylation sites (tertiary alicyclic amines) is 1. The average Bonchev–Trinajstić information content (AvgIpc) is 2.79. The fourth-order valence-electron chi connectivity index (χ4n) is 4.61. The molecule has 1 aromatic heterocycles. The number of hydrogen-bond acceptors (Lipinski definition) is 5. The number of pyridine rings is 1. The largest absolute Gasteiger partial charge is 0.364 e. The fourth-order valence-corrected chi connectivity index (χ4v) is 4.61. The van der Waals surface area contributed by atoms with Gasteiger partial charge in [-0.1, -0.05) is 30.3 Å². The van der Waals surface area contributed by atoms with Crippen LogP contribution in [-0.2, 0) is 4.74 Å². The summed E-state index contributed by atoms with van der Waals surface area (Å²) < 4.78 is 32.9. The van der Waals surface area contributed by atoms with Gasteiger partial charge in [0.15, 0.2) is 0 Å². The lowest BCUT2D eigenvalue weighted by molar-refractivity contribution is -0.180. The van der Waals surface area contributed by atoms with Gasteiger partial charge in [-0.2, -0.15) is 5.26 Å². The molecule has 6 nitrogen and oxygen atoms in total. The Labute approximate surface area is 186 Å². The molecule has 1 amide bonds. The molecule has 1 aromatic carbocycles. The molecule has 2 aliphatic heterocycles. The molecule has 0 saturated carbocycles. The molecule has 8 heteroatoms. The first kappa shape index (κ1) is 22.3. The summed E-state index contributed by atoms with van der Waals surface area (Å²) in [5.41, 5.74) is 1.68. The highest BCUT2D eigenvalue weighted by atomic mass is 19.3. The van der Waals surface area contributed by atoms with Crippen LogP contribution in [-0.4, -0.2) is 65.4 Å². The van der Waals surface area contributed by atoms with Gasteiger partial charge in [0, 0.05) is 26.2 Å². The first-order chi connectivity index (χ1) is 15.4. The summed E-state index contributed by atoms with van der Waals surface area (Å²) in [6.45, 7) is 3.19. The molecule has 2 saturated heterocycles. The van der Waals surface area contributed by atoms with Crippen LogP contribution in [0.4, 0.5) is 8.78 Å². The summed E-state index contributed by atoms with van der Waals surface area (Å²) in [4.78, 5) is 20.7. The van der Waals surface area contributed by atoms with Gasteiger partial charge >= 0.3 is 0 Å². The van der Waals surface area contributed by atoms with Gasteiger partial charge < -0.3 is 9.64 Å². The lowest BCUT2D eigenvalue weighted by atomic mass is 9.87. The van der Waals surface area contributed by atoms with Gasteiger partial charge in [-0.3, -0.25) is 9.69 Å². The highest BCUT2D eigenvalue weighted by Crippen LogP contribution is 2.38. The number of morpholine rings is 1. The second-order valence-electron chi connectivity index (χ2n) is 8.52. The van der Waals surface area contributed by atoms with Crippen LogP contribution in [0.2, 0.25) is 0 Å². The van der Waals surface area contributed by atoms with Crippen molar-refractivity contribution in [3.05, 3.63) is 65.0 Å². The van der Waals surface area contributed by atoms with Gasteiger partial charge in [0.05, 0.1) is 29.5 Å². The third-order valence-corrected chi connectivity index (χ3v) is 6.28. The fraction of sp³-hybridized carbons (Fsp3) is 0.458. The zero-order valence-electron chi connectivity index (χ0n) is 18.0. The topological polar surface area (TPSA) is 69.5 Å². The molecule has 0 bridgehead atoms. The van der Waals surface area contributed by atoms with E-state index in [9.17, 15) is 13.6 Å². The SMILES string of the molecule is Cc1nc(C(=O)N2CCC3(CC2)CN(CC(F)F)CC(c2ccccc2)O3)ccc1C#N. The molecule has 2 fully saturated rings. The summed E-state index contributed by atoms with van der Waals surface area (Å²) in [7, 11) is 0. The summed E-state index contributed by atoms with van der Waals surface area (Å²) >= 11 is 0. The maximum absolute atomic E-state index is 13.2. The Morgan fingerprint density at radius 1 is 1.25 bits per heavy atom. The van der Waals surface area contributed by atoms with Gasteiger partial charge in [0.25, 0.3) is 12.3 Å². The number of halogens is 2. The molecular weight excluding hydrogens is 414 g/mol. The summed E-state index contributed by atoms with van der Waals surface area (Å²) in [5.74, 6) is -0.188. The van der Waals surface area contributed by atoms with Crippen molar-refractivity contribution in [1.29, 1.82) is 5.26 Å². The Kier molecular flexibility index (Phi) is 6.49. The summed E-state index contributed by atoms with van der Waals surface area (Å²) in [6.07, 6.45) is -1.56. The second-order valence-corrected chi connectivity index (χ2v) is 8.52. The molecule has 0 aliphatic carbocycles. The number of nitrogens with zero attached hydrogens (tertiary/aromatic N) is 4. The van der Waals surface area contributed by atoms with Crippen molar-refractivity contribution in [2.75, 3.05) is 32.7 Å². The maximum atomic E-state index is 13.2. The molecule has 4 rings (SSSR count). The first-order valence-electron chi connectivity index (χ1n) is 10.8. The number of benzene rings is 1. The van der Waals surface area contributed by atoms with Crippen molar-refractivity contribution in [1.82, 2.24) is 14.8 Å². The van der Waals surface area contributed by atoms with E-state index >= 15 is 0 Å². The van der Waals surface area contributed by atoms with Crippen LogP contribution in [0.1, 0.15) is 46.3 Å². The molecule has 2 aromatic rings. The van der Waals surface area contributed by atoms with E-state index in [0.717, 1.165) is 5.56 Å². The minimum absolute atomic E-state index is 0.188. The van der Waals surface area contributed by atoms with Crippen molar-refractivity contribution < 1.29 is 18.3 Å². The zero-order chi connectivity index (χ0) is 22.7. The van der Waals surface area contributed by atoms with Gasteiger partial charge in [-0.05, 0) is 37.5 Å². The number of aromatic nitrogens is 1. The van der Waals surface area contributed by atoms with Crippen LogP contribution >= 0.6 is 0 Å².